The fourth-order valence-electron chi connectivity index (χ4n) is 3.01. The van der Waals surface area contributed by atoms with Gasteiger partial charge in [-0.15, -0.1) is 0 Å². The maximum absolute atomic E-state index is 12.4. The van der Waals surface area contributed by atoms with E-state index in [1.807, 2.05) is 44.2 Å². The minimum absolute atomic E-state index is 0.0520. The molecule has 0 radical (unpaired) electrons. The summed E-state index contributed by atoms with van der Waals surface area (Å²) in [4.78, 5) is 42.0. The summed E-state index contributed by atoms with van der Waals surface area (Å²) in [6.45, 7) is 4.04. The zero-order chi connectivity index (χ0) is 18.0. The average Bonchev–Trinajstić information content (AvgIpc) is 2.85. The van der Waals surface area contributed by atoms with Crippen molar-refractivity contribution in [1.82, 2.24) is 5.06 Å². The number of benzene rings is 2. The van der Waals surface area contributed by atoms with Gasteiger partial charge >= 0.3 is 5.97 Å². The van der Waals surface area contributed by atoms with Crippen molar-refractivity contribution in [3.8, 4) is 0 Å². The second-order valence-electron chi connectivity index (χ2n) is 6.38. The van der Waals surface area contributed by atoms with Crippen molar-refractivity contribution < 1.29 is 19.2 Å². The molecule has 0 spiro atoms. The Morgan fingerprint density at radius 1 is 0.920 bits per heavy atom. The minimum atomic E-state index is -0.602. The van der Waals surface area contributed by atoms with Crippen LogP contribution in [0, 0.1) is 5.92 Å². The molecule has 2 aromatic rings. The van der Waals surface area contributed by atoms with Crippen molar-refractivity contribution in [2.75, 3.05) is 0 Å². The Kier molecular flexibility index (Phi) is 4.65. The van der Waals surface area contributed by atoms with E-state index in [9.17, 15) is 14.4 Å². The van der Waals surface area contributed by atoms with Crippen LogP contribution in [0.2, 0.25) is 0 Å². The number of carbonyl (C=O) groups excluding carboxylic acids is 3. The van der Waals surface area contributed by atoms with Crippen molar-refractivity contribution in [2.45, 2.75) is 26.2 Å². The quantitative estimate of drug-likeness (QED) is 0.783. The van der Waals surface area contributed by atoms with Crippen LogP contribution in [0.4, 0.5) is 0 Å². The predicted octanol–water partition coefficient (Wildman–Crippen LogP) is 3.57. The lowest BCUT2D eigenvalue weighted by molar-refractivity contribution is -0.169. The molecule has 5 nitrogen and oxygen atoms in total. The molecule has 5 heteroatoms. The molecule has 1 aliphatic rings. The van der Waals surface area contributed by atoms with Gasteiger partial charge in [-0.3, -0.25) is 9.59 Å². The summed E-state index contributed by atoms with van der Waals surface area (Å²) in [6.07, 6.45) is 0.0923. The summed E-state index contributed by atoms with van der Waals surface area (Å²) in [7, 11) is 0. The lowest BCUT2D eigenvalue weighted by Crippen LogP contribution is -2.33. The number of hydrogen-bond donors (Lipinski definition) is 0. The molecule has 1 aliphatic heterocycles. The number of rotatable bonds is 5. The Bertz CT molecular complexity index is 778. The summed E-state index contributed by atoms with van der Waals surface area (Å²) in [5.74, 6) is -1.65. The molecule has 0 saturated carbocycles. The fraction of sp³-hybridized carbons (Fsp3) is 0.250. The van der Waals surface area contributed by atoms with Crippen LogP contribution in [-0.2, 0) is 9.63 Å². The minimum Gasteiger partial charge on any atom is -0.330 e. The molecule has 0 fully saturated rings. The van der Waals surface area contributed by atoms with E-state index in [1.165, 1.54) is 0 Å². The summed E-state index contributed by atoms with van der Waals surface area (Å²) in [5.41, 5.74) is 1.53. The monoisotopic (exact) mass is 337 g/mol. The molecule has 0 saturated heterocycles. The van der Waals surface area contributed by atoms with Crippen LogP contribution in [0.3, 0.4) is 0 Å². The van der Waals surface area contributed by atoms with E-state index in [4.69, 9.17) is 4.84 Å². The first-order chi connectivity index (χ1) is 12.0. The lowest BCUT2D eigenvalue weighted by Gasteiger charge is -2.21. The van der Waals surface area contributed by atoms with Gasteiger partial charge in [0.15, 0.2) is 0 Å². The van der Waals surface area contributed by atoms with Gasteiger partial charge in [0.05, 0.1) is 17.5 Å². The maximum atomic E-state index is 12.4. The van der Waals surface area contributed by atoms with Gasteiger partial charge in [0.1, 0.15) is 0 Å². The number of hydrogen-bond acceptors (Lipinski definition) is 4. The Morgan fingerprint density at radius 2 is 1.44 bits per heavy atom. The highest BCUT2D eigenvalue weighted by Crippen LogP contribution is 2.29. The molecule has 0 aliphatic carbocycles. The van der Waals surface area contributed by atoms with Gasteiger partial charge in [0.2, 0.25) is 0 Å². The number of nitrogens with zero attached hydrogens (tertiary/aromatic N) is 1. The molecule has 3 rings (SSSR count). The first kappa shape index (κ1) is 16.9. The Balaban J connectivity index is 1.73. The fourth-order valence-corrected chi connectivity index (χ4v) is 3.01. The molecule has 1 heterocycles. The highest BCUT2D eigenvalue weighted by molar-refractivity contribution is 6.20. The third-order valence-corrected chi connectivity index (χ3v) is 4.37. The largest absolute Gasteiger partial charge is 0.333 e. The van der Waals surface area contributed by atoms with E-state index in [0.717, 1.165) is 5.56 Å². The normalized spacial score (nSPS) is 14.6. The topological polar surface area (TPSA) is 63.7 Å². The zero-order valence-electron chi connectivity index (χ0n) is 14.1. The molecule has 2 amide bonds. The summed E-state index contributed by atoms with van der Waals surface area (Å²) >= 11 is 0. The van der Waals surface area contributed by atoms with Crippen molar-refractivity contribution >= 4 is 17.8 Å². The third kappa shape index (κ3) is 3.31. The molecular formula is C20H19NO4. The Morgan fingerprint density at radius 3 is 1.96 bits per heavy atom. The standard InChI is InChI=1S/C20H19NO4/c1-13(2)17(14-8-4-3-5-9-14)12-18(22)25-21-19(23)15-10-6-7-11-16(15)20(21)24/h3-11,13,17H,12H2,1-2H3. The number of hydroxylamine groups is 2. The number of imide groups is 1. The molecule has 128 valence electrons. The second-order valence-corrected chi connectivity index (χ2v) is 6.38. The van der Waals surface area contributed by atoms with Crippen LogP contribution in [-0.4, -0.2) is 22.8 Å². The van der Waals surface area contributed by atoms with Crippen LogP contribution >= 0.6 is 0 Å². The van der Waals surface area contributed by atoms with Crippen LogP contribution in [0.1, 0.15) is 52.5 Å². The van der Waals surface area contributed by atoms with Crippen LogP contribution < -0.4 is 0 Å². The van der Waals surface area contributed by atoms with E-state index >= 15 is 0 Å². The average molecular weight is 337 g/mol. The number of amides is 2. The molecule has 2 aromatic carbocycles. The van der Waals surface area contributed by atoms with Crippen molar-refractivity contribution in [3.05, 3.63) is 71.3 Å². The Hall–Kier alpha value is -2.95. The first-order valence-electron chi connectivity index (χ1n) is 8.22. The van der Waals surface area contributed by atoms with Gasteiger partial charge in [0, 0.05) is 0 Å². The van der Waals surface area contributed by atoms with Gasteiger partial charge in [-0.1, -0.05) is 61.4 Å². The van der Waals surface area contributed by atoms with E-state index in [-0.39, 0.29) is 29.4 Å². The van der Waals surface area contributed by atoms with E-state index in [2.05, 4.69) is 0 Å². The molecule has 0 bridgehead atoms. The molecule has 1 unspecified atom stereocenters. The van der Waals surface area contributed by atoms with Crippen molar-refractivity contribution in [2.24, 2.45) is 5.92 Å². The van der Waals surface area contributed by atoms with E-state index in [0.29, 0.717) is 5.06 Å². The van der Waals surface area contributed by atoms with Gasteiger partial charge < -0.3 is 4.84 Å². The molecule has 25 heavy (non-hydrogen) atoms. The number of fused-ring (bicyclic) bond motifs is 1. The molecular weight excluding hydrogens is 318 g/mol. The van der Waals surface area contributed by atoms with Crippen molar-refractivity contribution in [3.63, 3.8) is 0 Å². The lowest BCUT2D eigenvalue weighted by atomic mass is 9.86. The SMILES string of the molecule is CC(C)C(CC(=O)ON1C(=O)c2ccccc2C1=O)c1ccccc1. The molecule has 1 atom stereocenters. The van der Waals surface area contributed by atoms with Gasteiger partial charge in [-0.2, -0.15) is 0 Å². The summed E-state index contributed by atoms with van der Waals surface area (Å²) in [6, 6.07) is 16.1. The molecule has 0 N–H and O–H groups in total. The molecule has 0 aromatic heterocycles. The van der Waals surface area contributed by atoms with E-state index < -0.39 is 17.8 Å². The summed E-state index contributed by atoms with van der Waals surface area (Å²) < 4.78 is 0. The highest BCUT2D eigenvalue weighted by atomic mass is 16.7. The highest BCUT2D eigenvalue weighted by Gasteiger charge is 2.39. The smallest absolute Gasteiger partial charge is 0.330 e. The second kappa shape index (κ2) is 6.89. The van der Waals surface area contributed by atoms with Gasteiger partial charge in [-0.05, 0) is 29.5 Å². The van der Waals surface area contributed by atoms with Crippen LogP contribution in [0.5, 0.6) is 0 Å². The maximum Gasteiger partial charge on any atom is 0.333 e. The zero-order valence-corrected chi connectivity index (χ0v) is 14.1. The predicted molar refractivity (Wildman–Crippen MR) is 91.7 cm³/mol. The van der Waals surface area contributed by atoms with Crippen LogP contribution in [0.25, 0.3) is 0 Å². The van der Waals surface area contributed by atoms with E-state index in [1.54, 1.807) is 24.3 Å². The third-order valence-electron chi connectivity index (χ3n) is 4.37. The van der Waals surface area contributed by atoms with Crippen molar-refractivity contribution in [1.29, 1.82) is 0 Å². The van der Waals surface area contributed by atoms with Gasteiger partial charge in [-0.25, -0.2) is 4.79 Å². The number of carbonyl (C=O) groups is 3. The summed E-state index contributed by atoms with van der Waals surface area (Å²) in [5, 5.41) is 0.565. The van der Waals surface area contributed by atoms with Gasteiger partial charge in [0.25, 0.3) is 11.8 Å². The van der Waals surface area contributed by atoms with Crippen LogP contribution in [0.15, 0.2) is 54.6 Å². The Labute approximate surface area is 146 Å². The first-order valence-corrected chi connectivity index (χ1v) is 8.22.